The number of aromatic nitrogens is 1. The summed E-state index contributed by atoms with van der Waals surface area (Å²) >= 11 is 0. The summed E-state index contributed by atoms with van der Waals surface area (Å²) in [6.07, 6.45) is 0. The summed E-state index contributed by atoms with van der Waals surface area (Å²) in [7, 11) is -1.48. The molecule has 0 amide bonds. The number of nitrogens with one attached hydrogen (secondary N) is 2. The van der Waals surface area contributed by atoms with E-state index in [4.69, 9.17) is 4.74 Å². The molecule has 0 fully saturated rings. The Kier molecular flexibility index (Phi) is 6.76. The van der Waals surface area contributed by atoms with Gasteiger partial charge in [0.2, 0.25) is 0 Å². The van der Waals surface area contributed by atoms with E-state index in [1.165, 1.54) is 0 Å². The average Bonchev–Trinajstić information content (AvgIpc) is 3.08. The van der Waals surface area contributed by atoms with Crippen LogP contribution in [-0.4, -0.2) is 26.5 Å². The number of hydrogen-bond acceptors (Lipinski definition) is 3. The van der Waals surface area contributed by atoms with Crippen molar-refractivity contribution in [2.75, 3.05) is 6.61 Å². The van der Waals surface area contributed by atoms with Crippen molar-refractivity contribution < 1.29 is 13.7 Å². The van der Waals surface area contributed by atoms with Crippen molar-refractivity contribution in [1.82, 2.24) is 9.71 Å². The molecule has 1 heterocycles. The zero-order chi connectivity index (χ0) is 21.7. The molecule has 6 heteroatoms. The van der Waals surface area contributed by atoms with Gasteiger partial charge in [0.1, 0.15) is 6.04 Å². The van der Waals surface area contributed by atoms with Gasteiger partial charge in [-0.15, -0.1) is 0 Å². The minimum atomic E-state index is -1.48. The van der Waals surface area contributed by atoms with Gasteiger partial charge in [-0.3, -0.25) is 0 Å². The molecule has 3 rings (SSSR count). The van der Waals surface area contributed by atoms with Crippen molar-refractivity contribution in [3.63, 3.8) is 0 Å². The molecule has 0 bridgehead atoms. The van der Waals surface area contributed by atoms with Crippen LogP contribution >= 0.6 is 0 Å². The summed E-state index contributed by atoms with van der Waals surface area (Å²) < 4.78 is 20.6. The van der Waals surface area contributed by atoms with Crippen LogP contribution < -0.4 is 4.72 Å². The van der Waals surface area contributed by atoms with Crippen LogP contribution in [0.5, 0.6) is 0 Å². The van der Waals surface area contributed by atoms with Crippen molar-refractivity contribution in [2.45, 2.75) is 38.5 Å². The normalized spacial score (nSPS) is 13.3. The second-order valence-corrected chi connectivity index (χ2v) is 9.76. The van der Waals surface area contributed by atoms with E-state index in [2.05, 4.69) is 21.5 Å². The number of esters is 1. The second-order valence-electron chi connectivity index (χ2n) is 7.76. The number of para-hydroxylation sites is 1. The van der Waals surface area contributed by atoms with Crippen LogP contribution in [0.15, 0.2) is 54.6 Å². The SMILES string of the molecule is CCOC(=O)[C@@H](N[S@@](=O)C(C)(C)C)c1c(C#Cc2ccccc2)[nH]c2ccccc12. The minimum absolute atomic E-state index is 0.229. The van der Waals surface area contributed by atoms with E-state index in [9.17, 15) is 9.00 Å². The first-order chi connectivity index (χ1) is 14.3. The third-order valence-electron chi connectivity index (χ3n) is 4.44. The predicted molar refractivity (Wildman–Crippen MR) is 121 cm³/mol. The van der Waals surface area contributed by atoms with Gasteiger partial charge in [0.25, 0.3) is 0 Å². The molecule has 3 aromatic rings. The Balaban J connectivity index is 2.15. The van der Waals surface area contributed by atoms with E-state index in [1.54, 1.807) is 6.92 Å². The molecule has 5 nitrogen and oxygen atoms in total. The van der Waals surface area contributed by atoms with Crippen LogP contribution in [0.4, 0.5) is 0 Å². The van der Waals surface area contributed by atoms with Gasteiger partial charge in [-0.05, 0) is 51.8 Å². The molecular formula is C24H26N2O3S. The first-order valence-corrected chi connectivity index (χ1v) is 11.0. The third kappa shape index (κ3) is 4.99. The molecule has 0 spiro atoms. The summed E-state index contributed by atoms with van der Waals surface area (Å²) in [6, 6.07) is 16.4. The van der Waals surface area contributed by atoms with Gasteiger partial charge < -0.3 is 9.72 Å². The highest BCUT2D eigenvalue weighted by atomic mass is 32.2. The maximum Gasteiger partial charge on any atom is 0.328 e. The third-order valence-corrected chi connectivity index (χ3v) is 6.01. The van der Waals surface area contributed by atoms with E-state index in [1.807, 2.05) is 75.4 Å². The van der Waals surface area contributed by atoms with Crippen molar-refractivity contribution >= 4 is 27.9 Å². The number of carbonyl (C=O) groups excluding carboxylic acids is 1. The van der Waals surface area contributed by atoms with Gasteiger partial charge in [0.15, 0.2) is 0 Å². The highest BCUT2D eigenvalue weighted by Crippen LogP contribution is 2.30. The van der Waals surface area contributed by atoms with Crippen molar-refractivity contribution in [2.24, 2.45) is 0 Å². The maximum atomic E-state index is 12.9. The van der Waals surface area contributed by atoms with Gasteiger partial charge >= 0.3 is 5.97 Å². The zero-order valence-electron chi connectivity index (χ0n) is 17.6. The van der Waals surface area contributed by atoms with Gasteiger partial charge in [-0.2, -0.15) is 0 Å². The van der Waals surface area contributed by atoms with Crippen molar-refractivity contribution in [1.29, 1.82) is 0 Å². The second kappa shape index (κ2) is 9.29. The first kappa shape index (κ1) is 21.8. The Morgan fingerprint density at radius 2 is 1.77 bits per heavy atom. The first-order valence-electron chi connectivity index (χ1n) is 9.83. The van der Waals surface area contributed by atoms with Crippen molar-refractivity contribution in [3.05, 3.63) is 71.4 Å². The zero-order valence-corrected chi connectivity index (χ0v) is 18.4. The maximum absolute atomic E-state index is 12.9. The van der Waals surface area contributed by atoms with E-state index in [0.29, 0.717) is 11.3 Å². The number of H-pyrrole nitrogens is 1. The number of carbonyl (C=O) groups is 1. The lowest BCUT2D eigenvalue weighted by Gasteiger charge is -2.23. The fourth-order valence-corrected chi connectivity index (χ4v) is 3.73. The molecular weight excluding hydrogens is 396 g/mol. The molecule has 0 unspecified atom stereocenters. The molecule has 1 aromatic heterocycles. The number of hydrogen-bond donors (Lipinski definition) is 2. The molecule has 156 valence electrons. The van der Waals surface area contributed by atoms with E-state index >= 15 is 0 Å². The summed E-state index contributed by atoms with van der Waals surface area (Å²) in [5, 5.41) is 0.839. The minimum Gasteiger partial charge on any atom is -0.465 e. The van der Waals surface area contributed by atoms with Crippen molar-refractivity contribution in [3.8, 4) is 11.8 Å². The number of ether oxygens (including phenoxy) is 1. The van der Waals surface area contributed by atoms with Crippen LogP contribution in [-0.2, 0) is 20.5 Å². The van der Waals surface area contributed by atoms with Crippen LogP contribution in [0.2, 0.25) is 0 Å². The van der Waals surface area contributed by atoms with Gasteiger partial charge in [0, 0.05) is 22.0 Å². The predicted octanol–water partition coefficient (Wildman–Crippen LogP) is 4.22. The smallest absolute Gasteiger partial charge is 0.328 e. The molecule has 0 aliphatic carbocycles. The fraction of sp³-hybridized carbons (Fsp3) is 0.292. The van der Waals surface area contributed by atoms with Gasteiger partial charge in [0.05, 0.1) is 28.0 Å². The molecule has 0 aliphatic rings. The fourth-order valence-electron chi connectivity index (χ4n) is 2.95. The lowest BCUT2D eigenvalue weighted by atomic mass is 10.0. The molecule has 0 radical (unpaired) electrons. The average molecular weight is 423 g/mol. The highest BCUT2D eigenvalue weighted by molar-refractivity contribution is 7.84. The molecule has 2 aromatic carbocycles. The Morgan fingerprint density at radius 1 is 1.10 bits per heavy atom. The van der Waals surface area contributed by atoms with Crippen LogP contribution in [0.3, 0.4) is 0 Å². The standard InChI is InChI=1S/C24H26N2O3S/c1-5-29-23(27)22(26-30(28)24(2,3)4)21-18-13-9-10-14-19(18)25-20(21)16-15-17-11-7-6-8-12-17/h6-14,22,25-26H,5H2,1-4H3/t22-,30-/m0/s1. The number of rotatable bonds is 5. The summed E-state index contributed by atoms with van der Waals surface area (Å²) in [6.45, 7) is 7.53. The highest BCUT2D eigenvalue weighted by Gasteiger charge is 2.32. The molecule has 0 saturated carbocycles. The molecule has 0 aliphatic heterocycles. The molecule has 2 atom stereocenters. The van der Waals surface area contributed by atoms with Crippen LogP contribution in [0.1, 0.15) is 50.6 Å². The monoisotopic (exact) mass is 422 g/mol. The lowest BCUT2D eigenvalue weighted by Crippen LogP contribution is -2.39. The summed E-state index contributed by atoms with van der Waals surface area (Å²) in [5.74, 6) is 5.81. The Morgan fingerprint density at radius 3 is 2.43 bits per heavy atom. The van der Waals surface area contributed by atoms with Gasteiger partial charge in [-0.1, -0.05) is 42.3 Å². The van der Waals surface area contributed by atoms with E-state index in [-0.39, 0.29) is 6.61 Å². The largest absolute Gasteiger partial charge is 0.465 e. The van der Waals surface area contributed by atoms with Gasteiger partial charge in [-0.25, -0.2) is 13.7 Å². The number of fused-ring (bicyclic) bond motifs is 1. The number of aromatic amines is 1. The lowest BCUT2D eigenvalue weighted by molar-refractivity contribution is -0.145. The molecule has 2 N–H and O–H groups in total. The quantitative estimate of drug-likeness (QED) is 0.478. The van der Waals surface area contributed by atoms with E-state index in [0.717, 1.165) is 16.5 Å². The Hall–Kier alpha value is -2.88. The Labute approximate surface area is 179 Å². The number of benzene rings is 2. The molecule has 0 saturated heterocycles. The van der Waals surface area contributed by atoms with Crippen LogP contribution in [0.25, 0.3) is 10.9 Å². The summed E-state index contributed by atoms with van der Waals surface area (Å²) in [4.78, 5) is 16.2. The topological polar surface area (TPSA) is 71.2 Å². The van der Waals surface area contributed by atoms with E-state index < -0.39 is 27.7 Å². The summed E-state index contributed by atoms with van der Waals surface area (Å²) in [5.41, 5.74) is 2.95. The Bertz CT molecular complexity index is 1120. The van der Waals surface area contributed by atoms with Crippen LogP contribution in [0, 0.1) is 11.8 Å². The molecule has 30 heavy (non-hydrogen) atoms.